The molecule has 71 heavy (non-hydrogen) atoms. The minimum atomic E-state index is -4.27. The summed E-state index contributed by atoms with van der Waals surface area (Å²) in [5, 5.41) is 10.0. The van der Waals surface area contributed by atoms with Crippen molar-refractivity contribution in [3.8, 4) is 17.6 Å². The first-order valence-corrected chi connectivity index (χ1v) is 33.8. The highest BCUT2D eigenvalue weighted by molar-refractivity contribution is 7.85. The number of methoxy groups -OCH3 is 1. The summed E-state index contributed by atoms with van der Waals surface area (Å²) in [4.78, 5) is 26.6. The van der Waals surface area contributed by atoms with Gasteiger partial charge in [0.05, 0.1) is 54.7 Å². The summed E-state index contributed by atoms with van der Waals surface area (Å²) in [6.45, 7) is 23.4. The number of anilines is 2. The number of thiazole rings is 2. The zero-order chi connectivity index (χ0) is 52.2. The third-order valence-electron chi connectivity index (χ3n) is 12.2. The molecule has 0 radical (unpaired) electrons. The van der Waals surface area contributed by atoms with Gasteiger partial charge in [-0.3, -0.25) is 4.57 Å². The molecule has 388 valence electrons. The van der Waals surface area contributed by atoms with Gasteiger partial charge in [-0.2, -0.15) is 4.99 Å². The van der Waals surface area contributed by atoms with E-state index in [2.05, 4.69) is 87.1 Å². The number of fused-ring (bicyclic) bond motifs is 1. The Hall–Kier alpha value is -4.38. The number of carbonyl (C=O) groups is 1. The van der Waals surface area contributed by atoms with Crippen LogP contribution in [0, 0.1) is 24.6 Å². The van der Waals surface area contributed by atoms with Crippen LogP contribution in [0.1, 0.15) is 72.9 Å². The van der Waals surface area contributed by atoms with Gasteiger partial charge in [-0.15, -0.1) is 21.5 Å². The number of nitrogens with zero attached hydrogens (tertiary/aromatic N) is 7. The number of quaternary nitrogens is 1. The van der Waals surface area contributed by atoms with Gasteiger partial charge in [-0.25, -0.2) is 22.6 Å². The number of rotatable bonds is 25. The molecule has 0 saturated carbocycles. The number of ether oxygens (including phenoxy) is 3. The lowest BCUT2D eigenvalue weighted by atomic mass is 10.2. The average molecular weight is 1070 g/mol. The summed E-state index contributed by atoms with van der Waals surface area (Å²) in [6.07, 6.45) is 2.65. The van der Waals surface area contributed by atoms with Gasteiger partial charge in [0.2, 0.25) is 0 Å². The van der Waals surface area contributed by atoms with Crippen molar-refractivity contribution in [2.24, 2.45) is 4.99 Å². The fraction of sp³-hybridized carbons (Fsp3) is 0.540. The number of unbranched alkanes of at least 4 members (excludes halogenated alkanes) is 1. The summed E-state index contributed by atoms with van der Waals surface area (Å²) in [7, 11) is -2.39. The molecule has 0 unspecified atom stereocenters. The molecule has 3 aromatic heterocycles. The molecule has 0 aliphatic carbocycles. The summed E-state index contributed by atoms with van der Waals surface area (Å²) < 4.78 is 75.4. The van der Waals surface area contributed by atoms with Crippen molar-refractivity contribution in [3.05, 3.63) is 80.8 Å². The first-order valence-electron chi connectivity index (χ1n) is 24.0. The van der Waals surface area contributed by atoms with Crippen molar-refractivity contribution < 1.29 is 45.3 Å². The third-order valence-corrected chi connectivity index (χ3v) is 21.4. The van der Waals surface area contributed by atoms with Crippen LogP contribution in [0.5, 0.6) is 5.75 Å². The zero-order valence-corrected chi connectivity index (χ0v) is 48.0. The summed E-state index contributed by atoms with van der Waals surface area (Å²) in [5.74, 6) is 5.55. The molecule has 5 aromatic rings. The van der Waals surface area contributed by atoms with Crippen LogP contribution in [0.4, 0.5) is 21.2 Å². The Kier molecular flexibility index (Phi) is 20.3. The maximum Gasteiger partial charge on any atom is 0.357 e. The molecule has 3 heterocycles. The standard InChI is InChI=1S/C50H72FN7O8S3Si2/c1-37-34-44(54-55-46(37)53-49-57(36-64-31-33-70(8,9)10)40-21-13-14-22-42(40)67-49)56(26-15-16-30-66-71(11,12)50(2,3)4)48-52-45(47(59)63-7)43(68-48)23-18-29-65-41-25-24-38(35-39(41)51)20-17-27-58(5,6)28-19-32-69(60,61)62/h13-14,21-22,24-25,34-35H,15-16,18-19,23,26-33,36H2,1-12H3. The van der Waals surface area contributed by atoms with Gasteiger partial charge in [0.1, 0.15) is 13.3 Å². The van der Waals surface area contributed by atoms with Crippen LogP contribution in [0.25, 0.3) is 10.2 Å². The Bertz CT molecular complexity index is 2840. The lowest BCUT2D eigenvalue weighted by Crippen LogP contribution is -2.41. The minimum Gasteiger partial charge on any atom is -0.748 e. The largest absolute Gasteiger partial charge is 0.748 e. The Morgan fingerprint density at radius 2 is 1.73 bits per heavy atom. The molecular weight excluding hydrogens is 998 g/mol. The lowest BCUT2D eigenvalue weighted by molar-refractivity contribution is -0.883. The molecule has 0 fully saturated rings. The first-order chi connectivity index (χ1) is 33.3. The number of para-hydroxylation sites is 1. The molecule has 0 N–H and O–H groups in total. The van der Waals surface area contributed by atoms with Gasteiger partial charge in [0.15, 0.2) is 47.1 Å². The molecule has 0 saturated heterocycles. The molecule has 0 spiro atoms. The predicted molar refractivity (Wildman–Crippen MR) is 287 cm³/mol. The molecule has 0 amide bonds. The van der Waals surface area contributed by atoms with E-state index >= 15 is 4.39 Å². The fourth-order valence-electron chi connectivity index (χ4n) is 6.88. The number of hydrogen-bond acceptors (Lipinski definition) is 15. The maximum absolute atomic E-state index is 15.2. The van der Waals surface area contributed by atoms with Gasteiger partial charge in [0, 0.05) is 50.4 Å². The van der Waals surface area contributed by atoms with Crippen LogP contribution in [-0.2, 0) is 37.2 Å². The second-order valence-corrected chi connectivity index (χ2v) is 35.0. The van der Waals surface area contributed by atoms with Gasteiger partial charge < -0.3 is 32.6 Å². The molecule has 2 aromatic carbocycles. The Balaban J connectivity index is 1.34. The number of hydrogen-bond donors (Lipinski definition) is 0. The minimum absolute atomic E-state index is 0.0736. The molecule has 5 rings (SSSR count). The monoisotopic (exact) mass is 1070 g/mol. The van der Waals surface area contributed by atoms with E-state index in [0.717, 1.165) is 39.5 Å². The highest BCUT2D eigenvalue weighted by Gasteiger charge is 2.37. The SMILES string of the molecule is COC(=O)c1nc(N(CCCCO[Si](C)(C)C(C)(C)C)c2cc(C)c(N=c3sc4ccccc4n3COCC[Si](C)(C)C)nn2)sc1CCCOc1ccc(C#CC[N+](C)(C)CCCS(=O)(=O)[O-])cc1F. The summed E-state index contributed by atoms with van der Waals surface area (Å²) in [6, 6.07) is 15.7. The smallest absolute Gasteiger partial charge is 0.357 e. The van der Waals surface area contributed by atoms with Gasteiger partial charge >= 0.3 is 5.97 Å². The molecular formula is C50H72FN7O8S3Si2. The quantitative estimate of drug-likeness (QED) is 0.0136. The predicted octanol–water partition coefficient (Wildman–Crippen LogP) is 10.0. The van der Waals surface area contributed by atoms with Crippen molar-refractivity contribution in [2.75, 3.05) is 71.3 Å². The molecule has 0 atom stereocenters. The van der Waals surface area contributed by atoms with Crippen LogP contribution in [0.2, 0.25) is 43.8 Å². The van der Waals surface area contributed by atoms with Crippen LogP contribution >= 0.6 is 22.7 Å². The van der Waals surface area contributed by atoms with E-state index in [0.29, 0.717) is 84.1 Å². The zero-order valence-electron chi connectivity index (χ0n) is 43.5. The third kappa shape index (κ3) is 17.7. The van der Waals surface area contributed by atoms with E-state index in [-0.39, 0.29) is 29.5 Å². The van der Waals surface area contributed by atoms with Crippen LogP contribution < -0.4 is 14.4 Å². The average Bonchev–Trinajstić information content (AvgIpc) is 3.85. The van der Waals surface area contributed by atoms with Crippen LogP contribution in [0.15, 0.2) is 53.5 Å². The van der Waals surface area contributed by atoms with Gasteiger partial charge in [-0.1, -0.05) is 69.8 Å². The second-order valence-electron chi connectivity index (χ2n) is 21.0. The van der Waals surface area contributed by atoms with E-state index in [1.165, 1.54) is 30.6 Å². The highest BCUT2D eigenvalue weighted by Crippen LogP contribution is 2.37. The Morgan fingerprint density at radius 1 is 0.986 bits per heavy atom. The molecule has 21 heteroatoms. The molecule has 0 aliphatic heterocycles. The number of carbonyl (C=O) groups excluding carboxylic acids is 1. The number of aromatic nitrogens is 4. The maximum atomic E-state index is 15.2. The van der Waals surface area contributed by atoms with E-state index < -0.39 is 44.0 Å². The molecule has 15 nitrogen and oxygen atoms in total. The van der Waals surface area contributed by atoms with E-state index in [1.807, 2.05) is 44.1 Å². The number of halogens is 1. The van der Waals surface area contributed by atoms with Crippen molar-refractivity contribution in [2.45, 2.75) is 110 Å². The fourth-order valence-corrected chi connectivity index (χ4v) is 11.4. The number of aryl methyl sites for hydroxylation is 2. The second kappa shape index (κ2) is 25.0. The van der Waals surface area contributed by atoms with Gasteiger partial charge in [0.25, 0.3) is 0 Å². The van der Waals surface area contributed by atoms with E-state index in [4.69, 9.17) is 33.7 Å². The Labute approximate surface area is 429 Å². The van der Waals surface area contributed by atoms with Gasteiger partial charge in [-0.05, 0) is 105 Å². The summed E-state index contributed by atoms with van der Waals surface area (Å²) >= 11 is 2.94. The lowest BCUT2D eigenvalue weighted by Gasteiger charge is -2.36. The molecule has 0 bridgehead atoms. The normalized spacial score (nSPS) is 12.8. The van der Waals surface area contributed by atoms with E-state index in [1.54, 1.807) is 17.4 Å². The number of esters is 1. The van der Waals surface area contributed by atoms with Crippen molar-refractivity contribution in [3.63, 3.8) is 0 Å². The summed E-state index contributed by atoms with van der Waals surface area (Å²) in [5.41, 5.74) is 2.51. The van der Waals surface area contributed by atoms with E-state index in [9.17, 15) is 17.8 Å². The Morgan fingerprint density at radius 3 is 2.41 bits per heavy atom. The van der Waals surface area contributed by atoms with Crippen molar-refractivity contribution in [1.29, 1.82) is 0 Å². The first kappa shape index (κ1) is 57.5. The topological polar surface area (TPSA) is 170 Å². The van der Waals surface area contributed by atoms with Crippen molar-refractivity contribution in [1.82, 2.24) is 19.7 Å². The van der Waals surface area contributed by atoms with Crippen molar-refractivity contribution >= 4 is 82.1 Å². The van der Waals surface area contributed by atoms with Crippen LogP contribution in [0.3, 0.4) is 0 Å². The van der Waals surface area contributed by atoms with Crippen LogP contribution in [-0.4, -0.2) is 126 Å². The molecule has 0 aliphatic rings. The number of benzene rings is 2. The highest BCUT2D eigenvalue weighted by atomic mass is 32.2.